The molecule has 0 spiro atoms. The number of hydrogen-bond acceptors (Lipinski definition) is 4. The molecule has 0 bridgehead atoms. The van der Waals surface area contributed by atoms with Crippen LogP contribution in [-0.4, -0.2) is 15.2 Å². The summed E-state index contributed by atoms with van der Waals surface area (Å²) in [6.07, 6.45) is 5.06. The third-order valence-corrected chi connectivity index (χ3v) is 2.65. The zero-order valence-corrected chi connectivity index (χ0v) is 10.1. The van der Waals surface area contributed by atoms with Gasteiger partial charge in [0.25, 0.3) is 0 Å². The van der Waals surface area contributed by atoms with Crippen molar-refractivity contribution in [3.63, 3.8) is 0 Å². The van der Waals surface area contributed by atoms with Crippen LogP contribution in [0.1, 0.15) is 0 Å². The van der Waals surface area contributed by atoms with Crippen molar-refractivity contribution >= 4 is 22.0 Å². The number of hydrogen-bond donors (Lipinski definition) is 0. The number of aromatic nitrogens is 3. The lowest BCUT2D eigenvalue weighted by Gasteiger charge is -1.89. The molecule has 92 valence electrons. The van der Waals surface area contributed by atoms with Crippen LogP contribution in [-0.2, 0) is 0 Å². The van der Waals surface area contributed by atoms with Gasteiger partial charge in [-0.15, -0.1) is 5.10 Å². The predicted octanol–water partition coefficient (Wildman–Crippen LogP) is 3.46. The summed E-state index contributed by atoms with van der Waals surface area (Å²) in [7, 11) is 0. The van der Waals surface area contributed by atoms with E-state index in [-0.39, 0.29) is 0 Å². The van der Waals surface area contributed by atoms with Gasteiger partial charge < -0.3 is 4.42 Å². The van der Waals surface area contributed by atoms with Crippen LogP contribution < -0.4 is 0 Å². The minimum atomic E-state index is 0.699. The average Bonchev–Trinajstić information content (AvgIpc) is 2.96. The van der Waals surface area contributed by atoms with Crippen molar-refractivity contribution < 1.29 is 4.42 Å². The topological polar surface area (TPSA) is 51.8 Å². The lowest BCUT2D eigenvalue weighted by molar-refractivity contribution is 0.616. The molecule has 0 atom stereocenters. The van der Waals surface area contributed by atoms with Crippen LogP contribution in [0.25, 0.3) is 22.0 Å². The van der Waals surface area contributed by atoms with E-state index in [0.29, 0.717) is 5.65 Å². The second kappa shape index (κ2) is 5.27. The van der Waals surface area contributed by atoms with Gasteiger partial charge in [-0.25, -0.2) is 4.98 Å². The van der Waals surface area contributed by atoms with E-state index in [9.17, 15) is 0 Å². The van der Waals surface area contributed by atoms with Gasteiger partial charge in [0.05, 0.1) is 12.5 Å². The van der Waals surface area contributed by atoms with Crippen LogP contribution in [0.3, 0.4) is 0 Å². The lowest BCUT2D eigenvalue weighted by atomic mass is 10.3. The van der Waals surface area contributed by atoms with Gasteiger partial charge in [0.15, 0.2) is 5.65 Å². The molecular weight excluding hydrogens is 238 g/mol. The number of rotatable bonds is 0. The maximum Gasteiger partial charge on any atom is 0.181 e. The maximum atomic E-state index is 5.12. The summed E-state index contributed by atoms with van der Waals surface area (Å²) in [6.45, 7) is 0. The Labute approximate surface area is 109 Å². The van der Waals surface area contributed by atoms with Crippen molar-refractivity contribution in [2.75, 3.05) is 0 Å². The number of pyridine rings is 1. The number of para-hydroxylation sites is 1. The highest BCUT2D eigenvalue weighted by molar-refractivity contribution is 5.76. The molecule has 0 aliphatic carbocycles. The third kappa shape index (κ3) is 2.57. The molecule has 3 aromatic heterocycles. The van der Waals surface area contributed by atoms with Gasteiger partial charge in [0.1, 0.15) is 5.58 Å². The highest BCUT2D eigenvalue weighted by Crippen LogP contribution is 2.12. The first-order valence-corrected chi connectivity index (χ1v) is 5.88. The molecule has 4 nitrogen and oxygen atoms in total. The molecule has 0 aliphatic heterocycles. The van der Waals surface area contributed by atoms with E-state index in [1.165, 1.54) is 0 Å². The van der Waals surface area contributed by atoms with Crippen LogP contribution in [0.5, 0.6) is 0 Å². The van der Waals surface area contributed by atoms with Crippen molar-refractivity contribution in [1.82, 2.24) is 15.2 Å². The molecular formula is C15H11N3O. The Morgan fingerprint density at radius 2 is 1.68 bits per heavy atom. The fourth-order valence-corrected chi connectivity index (χ4v) is 1.73. The number of fused-ring (bicyclic) bond motifs is 2. The first kappa shape index (κ1) is 11.3. The van der Waals surface area contributed by atoms with Crippen molar-refractivity contribution in [2.24, 2.45) is 0 Å². The second-order valence-electron chi connectivity index (χ2n) is 3.91. The lowest BCUT2D eigenvalue weighted by Crippen LogP contribution is -1.83. The van der Waals surface area contributed by atoms with Gasteiger partial charge >= 0.3 is 0 Å². The minimum Gasteiger partial charge on any atom is -0.464 e. The minimum absolute atomic E-state index is 0.699. The van der Waals surface area contributed by atoms with Gasteiger partial charge in [-0.2, -0.15) is 5.10 Å². The van der Waals surface area contributed by atoms with Crippen LogP contribution >= 0.6 is 0 Å². The molecule has 0 radical (unpaired) electrons. The molecule has 4 rings (SSSR count). The summed E-state index contributed by atoms with van der Waals surface area (Å²) in [6, 6.07) is 15.6. The molecule has 0 amide bonds. The van der Waals surface area contributed by atoms with Crippen molar-refractivity contribution in [2.45, 2.75) is 0 Å². The predicted molar refractivity (Wildman–Crippen MR) is 73.5 cm³/mol. The first-order valence-electron chi connectivity index (χ1n) is 5.88. The fourth-order valence-electron chi connectivity index (χ4n) is 1.73. The molecule has 0 aliphatic rings. The van der Waals surface area contributed by atoms with E-state index in [2.05, 4.69) is 15.2 Å². The van der Waals surface area contributed by atoms with Crippen molar-refractivity contribution in [3.8, 4) is 0 Å². The fraction of sp³-hybridized carbons (Fsp3) is 0. The Morgan fingerprint density at radius 1 is 0.789 bits per heavy atom. The second-order valence-corrected chi connectivity index (χ2v) is 3.91. The standard InChI is InChI=1S/C8H6O.C7H5N3/c1-2-4-8-7(3-1)5-6-9-8;1-2-6-3-5-9-10-7(6)8-4-1/h1-6H;1-5H. The van der Waals surface area contributed by atoms with Crippen LogP contribution in [0.15, 0.2) is 71.6 Å². The Kier molecular flexibility index (Phi) is 3.14. The molecule has 0 fully saturated rings. The Morgan fingerprint density at radius 3 is 2.58 bits per heavy atom. The molecule has 19 heavy (non-hydrogen) atoms. The van der Waals surface area contributed by atoms with E-state index in [4.69, 9.17) is 4.42 Å². The highest BCUT2D eigenvalue weighted by Gasteiger charge is 1.90. The summed E-state index contributed by atoms with van der Waals surface area (Å²) in [5, 5.41) is 9.71. The van der Waals surface area contributed by atoms with Crippen molar-refractivity contribution in [3.05, 3.63) is 67.2 Å². The molecule has 1 aromatic carbocycles. The quantitative estimate of drug-likeness (QED) is 0.479. The third-order valence-electron chi connectivity index (χ3n) is 2.65. The van der Waals surface area contributed by atoms with Gasteiger partial charge in [-0.3, -0.25) is 0 Å². The number of benzene rings is 1. The molecule has 4 aromatic rings. The Hall–Kier alpha value is -2.75. The summed E-state index contributed by atoms with van der Waals surface area (Å²) < 4.78 is 5.12. The van der Waals surface area contributed by atoms with Crippen LogP contribution in [0.2, 0.25) is 0 Å². The Balaban J connectivity index is 0.000000117. The van der Waals surface area contributed by atoms with E-state index >= 15 is 0 Å². The van der Waals surface area contributed by atoms with E-state index < -0.39 is 0 Å². The average molecular weight is 249 g/mol. The van der Waals surface area contributed by atoms with Crippen LogP contribution in [0.4, 0.5) is 0 Å². The summed E-state index contributed by atoms with van der Waals surface area (Å²) in [5.41, 5.74) is 1.66. The van der Waals surface area contributed by atoms with Crippen molar-refractivity contribution in [1.29, 1.82) is 0 Å². The van der Waals surface area contributed by atoms with E-state index in [0.717, 1.165) is 16.4 Å². The molecule has 4 heteroatoms. The highest BCUT2D eigenvalue weighted by atomic mass is 16.3. The molecule has 0 unspecified atom stereocenters. The molecule has 0 N–H and O–H groups in total. The zero-order chi connectivity index (χ0) is 12.9. The first-order chi connectivity index (χ1) is 9.43. The largest absolute Gasteiger partial charge is 0.464 e. The molecule has 0 saturated heterocycles. The van der Waals surface area contributed by atoms with Gasteiger partial charge in [0, 0.05) is 17.0 Å². The number of nitrogens with zero attached hydrogens (tertiary/aromatic N) is 3. The summed E-state index contributed by atoms with van der Waals surface area (Å²) >= 11 is 0. The normalized spacial score (nSPS) is 10.1. The smallest absolute Gasteiger partial charge is 0.181 e. The SMILES string of the molecule is c1ccc2occc2c1.c1cnc2nnccc2c1. The molecule has 0 saturated carbocycles. The monoisotopic (exact) mass is 249 g/mol. The molecule has 3 heterocycles. The van der Waals surface area contributed by atoms with Crippen LogP contribution in [0, 0.1) is 0 Å². The van der Waals surface area contributed by atoms with E-state index in [1.54, 1.807) is 18.7 Å². The van der Waals surface area contributed by atoms with E-state index in [1.807, 2.05) is 48.5 Å². The summed E-state index contributed by atoms with van der Waals surface area (Å²) in [5.74, 6) is 0. The zero-order valence-electron chi connectivity index (χ0n) is 10.1. The van der Waals surface area contributed by atoms with Gasteiger partial charge in [0.2, 0.25) is 0 Å². The Bertz CT molecular complexity index is 699. The number of furan rings is 1. The van der Waals surface area contributed by atoms with Gasteiger partial charge in [-0.1, -0.05) is 18.2 Å². The maximum absolute atomic E-state index is 5.12. The summed E-state index contributed by atoms with van der Waals surface area (Å²) in [4.78, 5) is 4.01. The van der Waals surface area contributed by atoms with Gasteiger partial charge in [-0.05, 0) is 30.3 Å².